The third kappa shape index (κ3) is 4.77. The second kappa shape index (κ2) is 7.84. The summed E-state index contributed by atoms with van der Waals surface area (Å²) in [6, 6.07) is 6.22. The van der Waals surface area contributed by atoms with E-state index >= 15 is 0 Å². The van der Waals surface area contributed by atoms with Gasteiger partial charge in [-0.1, -0.05) is 31.4 Å². The first-order valence-corrected chi connectivity index (χ1v) is 8.75. The van der Waals surface area contributed by atoms with Crippen molar-refractivity contribution in [1.82, 2.24) is 5.32 Å². The number of carbonyl (C=O) groups excluding carboxylic acids is 1. The molecule has 0 aromatic heterocycles. The maximum atomic E-state index is 12.2. The molecule has 0 spiro atoms. The minimum Gasteiger partial charge on any atom is -0.644 e. The Morgan fingerprint density at radius 2 is 1.75 bits per heavy atom. The van der Waals surface area contributed by atoms with Gasteiger partial charge in [0.15, 0.2) is 0 Å². The van der Waals surface area contributed by atoms with Crippen LogP contribution >= 0.6 is 0 Å². The summed E-state index contributed by atoms with van der Waals surface area (Å²) in [7, 11) is -3.80. The van der Waals surface area contributed by atoms with Crippen LogP contribution < -0.4 is 34.9 Å². The van der Waals surface area contributed by atoms with E-state index < -0.39 is 8.87 Å². The summed E-state index contributed by atoms with van der Waals surface area (Å²) in [5, 5.41) is 2.90. The van der Waals surface area contributed by atoms with E-state index in [0.29, 0.717) is 0 Å². The smallest absolute Gasteiger partial charge is 0.644 e. The number of carbonyl (C=O) groups is 1. The van der Waals surface area contributed by atoms with Gasteiger partial charge in [0, 0.05) is 6.04 Å². The van der Waals surface area contributed by atoms with Crippen molar-refractivity contribution in [2.24, 2.45) is 0 Å². The van der Waals surface area contributed by atoms with Gasteiger partial charge in [0.05, 0.1) is 19.3 Å². The topological polar surface area (TPSA) is 63.2 Å². The molecule has 1 fully saturated rings. The molecule has 0 radical (unpaired) electrons. The number of nitrogens with one attached hydrogen (secondary N) is 1. The normalized spacial score (nSPS) is 16.2. The summed E-state index contributed by atoms with van der Waals surface area (Å²) in [5.74, 6) is -0.351. The van der Waals surface area contributed by atoms with E-state index in [0.717, 1.165) is 25.7 Å². The third-order valence-corrected chi connectivity index (χ3v) is 4.77. The molecule has 7 heteroatoms. The van der Waals surface area contributed by atoms with Gasteiger partial charge in [-0.25, -0.2) is 8.42 Å². The van der Waals surface area contributed by atoms with Gasteiger partial charge in [-0.05, 0) is 25.0 Å². The van der Waals surface area contributed by atoms with Crippen molar-refractivity contribution in [2.75, 3.05) is 0 Å². The van der Waals surface area contributed by atoms with Gasteiger partial charge in [-0.3, -0.25) is 4.79 Å². The summed E-state index contributed by atoms with van der Waals surface area (Å²) in [6.07, 6.45) is 5.31. The summed E-state index contributed by atoms with van der Waals surface area (Å²) in [4.78, 5) is 12.1. The molecule has 1 amide bonds. The maximum Gasteiger partial charge on any atom is 1.00 e. The van der Waals surface area contributed by atoms with Crippen LogP contribution in [0.5, 0.6) is 0 Å². The van der Waals surface area contributed by atoms with E-state index in [2.05, 4.69) is 17.0 Å². The molecule has 1 saturated carbocycles. The van der Waals surface area contributed by atoms with E-state index in [-0.39, 0.29) is 52.0 Å². The molecule has 1 N–H and O–H groups in total. The minimum atomic E-state index is -3.80. The van der Waals surface area contributed by atoms with Crippen molar-refractivity contribution >= 4 is 26.4 Å². The maximum absolute atomic E-state index is 12.2. The van der Waals surface area contributed by atoms with E-state index in [4.69, 9.17) is 0 Å². The summed E-state index contributed by atoms with van der Waals surface area (Å²) < 4.78 is 23.0. The monoisotopic (exact) mass is 321 g/mol. The van der Waals surface area contributed by atoms with Crippen LogP contribution in [0, 0.1) is 0 Å². The molecule has 20 heavy (non-hydrogen) atoms. The van der Waals surface area contributed by atoms with Crippen molar-refractivity contribution < 1.29 is 42.8 Å². The Kier molecular flexibility index (Phi) is 7.08. The molecule has 0 unspecified atom stereocenters. The zero-order valence-electron chi connectivity index (χ0n) is 11.5. The molecule has 4 nitrogen and oxygen atoms in total. The Morgan fingerprint density at radius 1 is 1.15 bits per heavy atom. The SMILES string of the molecule is O=C(NC1CCCCC1)c1ccccc1S(=O)(=O)[S-].[Na+]. The largest absolute Gasteiger partial charge is 1.00 e. The molecule has 104 valence electrons. The van der Waals surface area contributed by atoms with Crippen molar-refractivity contribution in [3.63, 3.8) is 0 Å². The van der Waals surface area contributed by atoms with Crippen LogP contribution in [0.4, 0.5) is 0 Å². The fourth-order valence-corrected chi connectivity index (χ4v) is 3.49. The first kappa shape index (κ1) is 18.0. The van der Waals surface area contributed by atoms with Crippen LogP contribution in [0.25, 0.3) is 0 Å². The van der Waals surface area contributed by atoms with E-state index in [1.54, 1.807) is 12.1 Å². The quantitative estimate of drug-likeness (QED) is 0.440. The molecular weight excluding hydrogens is 305 g/mol. The molecule has 2 rings (SSSR count). The Hall–Kier alpha value is -0.0100. The van der Waals surface area contributed by atoms with Crippen LogP contribution in [0.3, 0.4) is 0 Å². The molecule has 1 aromatic carbocycles. The zero-order chi connectivity index (χ0) is 13.9. The van der Waals surface area contributed by atoms with Crippen molar-refractivity contribution in [3.8, 4) is 0 Å². The fourth-order valence-electron chi connectivity index (χ4n) is 2.38. The molecule has 1 aliphatic carbocycles. The van der Waals surface area contributed by atoms with Gasteiger partial charge >= 0.3 is 29.6 Å². The number of amides is 1. The van der Waals surface area contributed by atoms with Crippen molar-refractivity contribution in [3.05, 3.63) is 29.8 Å². The van der Waals surface area contributed by atoms with Crippen LogP contribution in [0.2, 0.25) is 0 Å². The average molecular weight is 321 g/mol. The van der Waals surface area contributed by atoms with E-state index in [1.165, 1.54) is 18.6 Å². The van der Waals surface area contributed by atoms with Crippen LogP contribution in [-0.2, 0) is 20.5 Å². The van der Waals surface area contributed by atoms with E-state index in [1.807, 2.05) is 0 Å². The Labute approximate surface area is 146 Å². The number of hydrogen-bond acceptors (Lipinski definition) is 4. The van der Waals surface area contributed by atoms with E-state index in [9.17, 15) is 13.2 Å². The average Bonchev–Trinajstić information content (AvgIpc) is 2.39. The minimum absolute atomic E-state index is 0. The molecule has 1 aromatic rings. The second-order valence-electron chi connectivity index (χ2n) is 4.76. The standard InChI is InChI=1S/C13H17NO3S2.Na/c15-13(14-10-6-2-1-3-7-10)11-8-4-5-9-12(11)19(16,17)18;/h4-5,8-10H,1-3,6-7H2,(H,14,15)(H,16,17,18);/q;+1/p-1. The predicted molar refractivity (Wildman–Crippen MR) is 75.3 cm³/mol. The molecule has 0 atom stereocenters. The zero-order valence-corrected chi connectivity index (χ0v) is 15.1. The third-order valence-electron chi connectivity index (χ3n) is 3.34. The number of rotatable bonds is 3. The number of hydrogen-bond donors (Lipinski definition) is 1. The van der Waals surface area contributed by atoms with Gasteiger partial charge in [0.1, 0.15) is 0 Å². The fraction of sp³-hybridized carbons (Fsp3) is 0.462. The van der Waals surface area contributed by atoms with Crippen LogP contribution in [0.1, 0.15) is 42.5 Å². The van der Waals surface area contributed by atoms with Gasteiger partial charge in [-0.2, -0.15) is 0 Å². The molecule has 0 heterocycles. The summed E-state index contributed by atoms with van der Waals surface area (Å²) >= 11 is 4.45. The van der Waals surface area contributed by atoms with Gasteiger partial charge in [-0.15, -0.1) is 0 Å². The van der Waals surface area contributed by atoms with Gasteiger partial charge in [0.25, 0.3) is 5.91 Å². The molecule has 0 aliphatic heterocycles. The first-order valence-electron chi connectivity index (χ1n) is 6.34. The second-order valence-corrected chi connectivity index (χ2v) is 7.42. The van der Waals surface area contributed by atoms with Crippen LogP contribution in [0.15, 0.2) is 29.2 Å². The molecular formula is C13H16NNaO3S2. The molecule has 0 bridgehead atoms. The summed E-state index contributed by atoms with van der Waals surface area (Å²) in [6.45, 7) is 0. The Balaban J connectivity index is 0.00000200. The van der Waals surface area contributed by atoms with Crippen molar-refractivity contribution in [2.45, 2.75) is 43.0 Å². The Morgan fingerprint density at radius 3 is 2.35 bits per heavy atom. The van der Waals surface area contributed by atoms with Crippen molar-refractivity contribution in [1.29, 1.82) is 0 Å². The van der Waals surface area contributed by atoms with Gasteiger partial charge in [0.2, 0.25) is 0 Å². The Bertz CT molecular complexity index is 569. The first-order chi connectivity index (χ1) is 8.98. The van der Waals surface area contributed by atoms with Crippen LogP contribution in [-0.4, -0.2) is 20.4 Å². The number of benzene rings is 1. The summed E-state index contributed by atoms with van der Waals surface area (Å²) in [5.41, 5.74) is 0.142. The predicted octanol–water partition coefficient (Wildman–Crippen LogP) is -1.01. The molecule has 0 saturated heterocycles. The molecule has 1 aliphatic rings. The van der Waals surface area contributed by atoms with Gasteiger partial charge < -0.3 is 17.0 Å².